The fourth-order valence-electron chi connectivity index (χ4n) is 3.21. The monoisotopic (exact) mass is 352 g/mol. The van der Waals surface area contributed by atoms with Crippen molar-refractivity contribution >= 4 is 0 Å². The Morgan fingerprint density at radius 3 is 2.42 bits per heavy atom. The van der Waals surface area contributed by atoms with E-state index < -0.39 is 0 Å². The number of ether oxygens (including phenoxy) is 2. The van der Waals surface area contributed by atoms with E-state index in [-0.39, 0.29) is 5.92 Å². The van der Waals surface area contributed by atoms with Crippen LogP contribution in [0.1, 0.15) is 29.2 Å². The van der Waals surface area contributed by atoms with Gasteiger partial charge in [-0.3, -0.25) is 0 Å². The number of hydrogen-bond acceptors (Lipinski definition) is 3. The minimum Gasteiger partial charge on any atom is -0.493 e. The van der Waals surface area contributed by atoms with Gasteiger partial charge in [0.25, 0.3) is 0 Å². The zero-order valence-corrected chi connectivity index (χ0v) is 15.4. The van der Waals surface area contributed by atoms with Gasteiger partial charge in [0.15, 0.2) is 11.5 Å². The number of quaternary nitrogens is 1. The van der Waals surface area contributed by atoms with Crippen LogP contribution in [0.15, 0.2) is 71.3 Å². The molecule has 0 saturated carbocycles. The second kappa shape index (κ2) is 9.11. The number of nitrogens with two attached hydrogens (primary N) is 1. The third-order valence-corrected chi connectivity index (χ3v) is 4.58. The van der Waals surface area contributed by atoms with Crippen molar-refractivity contribution in [2.75, 3.05) is 20.8 Å². The van der Waals surface area contributed by atoms with E-state index in [1.807, 2.05) is 24.3 Å². The van der Waals surface area contributed by atoms with Crippen LogP contribution in [0, 0.1) is 0 Å². The Labute approximate surface area is 154 Å². The minimum absolute atomic E-state index is 0.285. The Hall–Kier alpha value is -2.72. The van der Waals surface area contributed by atoms with Crippen LogP contribution in [0.5, 0.6) is 11.5 Å². The zero-order chi connectivity index (χ0) is 18.2. The maximum atomic E-state index is 5.68. The van der Waals surface area contributed by atoms with Crippen molar-refractivity contribution in [3.05, 3.63) is 83.8 Å². The lowest BCUT2D eigenvalue weighted by Gasteiger charge is -2.14. The maximum absolute atomic E-state index is 5.68. The summed E-state index contributed by atoms with van der Waals surface area (Å²) in [6, 6.07) is 20.6. The van der Waals surface area contributed by atoms with E-state index in [1.54, 1.807) is 20.5 Å². The largest absolute Gasteiger partial charge is 0.493 e. The first-order valence-electron chi connectivity index (χ1n) is 8.92. The van der Waals surface area contributed by atoms with Crippen molar-refractivity contribution in [1.29, 1.82) is 0 Å². The number of benzene rings is 2. The first kappa shape index (κ1) is 18.1. The highest BCUT2D eigenvalue weighted by Crippen LogP contribution is 2.28. The highest BCUT2D eigenvalue weighted by Gasteiger charge is 2.17. The average molecular weight is 352 g/mol. The molecule has 4 nitrogen and oxygen atoms in total. The molecule has 136 valence electrons. The predicted molar refractivity (Wildman–Crippen MR) is 102 cm³/mol. The van der Waals surface area contributed by atoms with Gasteiger partial charge >= 0.3 is 0 Å². The van der Waals surface area contributed by atoms with E-state index in [0.29, 0.717) is 0 Å². The summed E-state index contributed by atoms with van der Waals surface area (Å²) in [5, 5.41) is 2.32. The third-order valence-electron chi connectivity index (χ3n) is 4.58. The first-order valence-corrected chi connectivity index (χ1v) is 8.92. The summed E-state index contributed by atoms with van der Waals surface area (Å²) in [6.07, 6.45) is 2.77. The molecule has 1 atom stereocenters. The van der Waals surface area contributed by atoms with Gasteiger partial charge in [-0.2, -0.15) is 0 Å². The van der Waals surface area contributed by atoms with Gasteiger partial charge in [0.05, 0.1) is 27.0 Å². The van der Waals surface area contributed by atoms with Gasteiger partial charge in [0, 0.05) is 17.9 Å². The van der Waals surface area contributed by atoms with E-state index in [1.165, 1.54) is 11.1 Å². The minimum atomic E-state index is 0.285. The topological polar surface area (TPSA) is 48.2 Å². The van der Waals surface area contributed by atoms with Crippen molar-refractivity contribution in [1.82, 2.24) is 0 Å². The molecule has 3 rings (SSSR count). The van der Waals surface area contributed by atoms with Gasteiger partial charge in [-0.1, -0.05) is 30.3 Å². The molecule has 2 aromatic carbocycles. The molecule has 3 aromatic rings. The van der Waals surface area contributed by atoms with Gasteiger partial charge in [0.1, 0.15) is 12.3 Å². The van der Waals surface area contributed by atoms with Crippen LogP contribution < -0.4 is 14.8 Å². The highest BCUT2D eigenvalue weighted by atomic mass is 16.5. The van der Waals surface area contributed by atoms with Gasteiger partial charge in [-0.15, -0.1) is 0 Å². The second-order valence-corrected chi connectivity index (χ2v) is 6.24. The van der Waals surface area contributed by atoms with Crippen LogP contribution in [0.3, 0.4) is 0 Å². The van der Waals surface area contributed by atoms with Crippen molar-refractivity contribution in [3.63, 3.8) is 0 Å². The van der Waals surface area contributed by atoms with Crippen LogP contribution >= 0.6 is 0 Å². The lowest BCUT2D eigenvalue weighted by Crippen LogP contribution is -2.82. The molecule has 0 amide bonds. The summed E-state index contributed by atoms with van der Waals surface area (Å²) < 4.78 is 16.3. The Morgan fingerprint density at radius 1 is 0.923 bits per heavy atom. The van der Waals surface area contributed by atoms with Crippen LogP contribution in [-0.4, -0.2) is 20.8 Å². The van der Waals surface area contributed by atoms with Crippen LogP contribution in [0.25, 0.3) is 0 Å². The molecule has 1 unspecified atom stereocenters. The molecule has 1 heterocycles. The summed E-state index contributed by atoms with van der Waals surface area (Å²) in [5.74, 6) is 2.85. The summed E-state index contributed by atoms with van der Waals surface area (Å²) in [7, 11) is 3.32. The molecule has 0 radical (unpaired) electrons. The number of furan rings is 1. The SMILES string of the molecule is COc1ccc(C[NH2+]CCC(c2ccccc2)c2ccco2)cc1OC. The van der Waals surface area contributed by atoms with Gasteiger partial charge in [0.2, 0.25) is 0 Å². The van der Waals surface area contributed by atoms with Crippen molar-refractivity contribution in [2.24, 2.45) is 0 Å². The predicted octanol–water partition coefficient (Wildman–Crippen LogP) is 3.58. The molecule has 4 heteroatoms. The quantitative estimate of drug-likeness (QED) is 0.599. The summed E-state index contributed by atoms with van der Waals surface area (Å²) in [6.45, 7) is 1.91. The fraction of sp³-hybridized carbons (Fsp3) is 0.273. The molecular weight excluding hydrogens is 326 g/mol. The highest BCUT2D eigenvalue weighted by molar-refractivity contribution is 5.42. The molecule has 0 aliphatic rings. The Bertz CT molecular complexity index is 784. The molecule has 2 N–H and O–H groups in total. The number of hydrogen-bond donors (Lipinski definition) is 1. The van der Waals surface area contributed by atoms with Gasteiger partial charge < -0.3 is 19.2 Å². The molecule has 0 spiro atoms. The van der Waals surface area contributed by atoms with E-state index in [4.69, 9.17) is 13.9 Å². The summed E-state index contributed by atoms with van der Waals surface area (Å²) in [4.78, 5) is 0. The fourth-order valence-corrected chi connectivity index (χ4v) is 3.21. The van der Waals surface area contributed by atoms with E-state index in [2.05, 4.69) is 41.7 Å². The van der Waals surface area contributed by atoms with Crippen LogP contribution in [0.4, 0.5) is 0 Å². The van der Waals surface area contributed by atoms with Crippen LogP contribution in [-0.2, 0) is 6.54 Å². The van der Waals surface area contributed by atoms with Crippen molar-refractivity contribution < 1.29 is 19.2 Å². The lowest BCUT2D eigenvalue weighted by atomic mass is 9.93. The Kier molecular flexibility index (Phi) is 6.34. The molecule has 1 aromatic heterocycles. The lowest BCUT2D eigenvalue weighted by molar-refractivity contribution is -0.671. The maximum Gasteiger partial charge on any atom is 0.161 e. The second-order valence-electron chi connectivity index (χ2n) is 6.24. The molecule has 0 bridgehead atoms. The molecule has 0 aliphatic carbocycles. The summed E-state index contributed by atoms with van der Waals surface area (Å²) in [5.41, 5.74) is 2.51. The Balaban J connectivity index is 1.59. The standard InChI is InChI=1S/C22H25NO3/c1-24-21-11-10-17(15-22(21)25-2)16-23-13-12-19(20-9-6-14-26-20)18-7-4-3-5-8-18/h3-11,14-15,19,23H,12-13,16H2,1-2H3/p+1. The van der Waals surface area contributed by atoms with Gasteiger partial charge in [-0.05, 0) is 35.9 Å². The summed E-state index contributed by atoms with van der Waals surface area (Å²) >= 11 is 0. The van der Waals surface area contributed by atoms with Crippen molar-refractivity contribution in [2.45, 2.75) is 18.9 Å². The normalized spacial score (nSPS) is 11.9. The molecule has 0 aliphatic heterocycles. The zero-order valence-electron chi connectivity index (χ0n) is 15.4. The number of rotatable bonds is 9. The molecule has 0 saturated heterocycles. The van der Waals surface area contributed by atoms with E-state index >= 15 is 0 Å². The van der Waals surface area contributed by atoms with Gasteiger partial charge in [-0.25, -0.2) is 0 Å². The third kappa shape index (κ3) is 4.46. The molecule has 26 heavy (non-hydrogen) atoms. The van der Waals surface area contributed by atoms with Crippen molar-refractivity contribution in [3.8, 4) is 11.5 Å². The number of methoxy groups -OCH3 is 2. The van der Waals surface area contributed by atoms with Crippen LogP contribution in [0.2, 0.25) is 0 Å². The Morgan fingerprint density at radius 2 is 1.73 bits per heavy atom. The molecule has 0 fully saturated rings. The smallest absolute Gasteiger partial charge is 0.161 e. The van der Waals surface area contributed by atoms with E-state index in [9.17, 15) is 0 Å². The average Bonchev–Trinajstić information content (AvgIpc) is 3.23. The first-order chi connectivity index (χ1) is 12.8. The molecular formula is C22H26NO3+. The van der Waals surface area contributed by atoms with E-state index in [0.717, 1.165) is 36.8 Å².